The van der Waals surface area contributed by atoms with Gasteiger partial charge in [-0.25, -0.2) is 8.42 Å². The summed E-state index contributed by atoms with van der Waals surface area (Å²) in [5, 5.41) is 12.5. The number of aliphatic hydroxyl groups is 1. The number of pyridine rings is 1. The summed E-state index contributed by atoms with van der Waals surface area (Å²) in [5.41, 5.74) is 0.278. The van der Waals surface area contributed by atoms with Crippen LogP contribution in [-0.2, 0) is 14.8 Å². The van der Waals surface area contributed by atoms with E-state index in [0.717, 1.165) is 5.39 Å². The molecule has 0 fully saturated rings. The summed E-state index contributed by atoms with van der Waals surface area (Å²) in [7, 11) is -2.21. The summed E-state index contributed by atoms with van der Waals surface area (Å²) in [4.78, 5) is 16.1. The van der Waals surface area contributed by atoms with Gasteiger partial charge in [-0.3, -0.25) is 14.5 Å². The Hall–Kier alpha value is -2.39. The van der Waals surface area contributed by atoms with Gasteiger partial charge in [-0.05, 0) is 17.5 Å². The van der Waals surface area contributed by atoms with Crippen molar-refractivity contribution in [1.82, 2.24) is 10.3 Å². The summed E-state index contributed by atoms with van der Waals surface area (Å²) in [6, 6.07) is 6.90. The Kier molecular flexibility index (Phi) is 6.61. The van der Waals surface area contributed by atoms with E-state index in [9.17, 15) is 18.3 Å². The molecule has 148 valence electrons. The Bertz CT molecular complexity index is 912. The van der Waals surface area contributed by atoms with Crippen LogP contribution in [0.25, 0.3) is 10.9 Å². The number of nitrogens with one attached hydrogen (secondary N) is 2. The smallest absolute Gasteiger partial charge is 0.234 e. The molecule has 2 aromatic rings. The number of hydrogen-bond donors (Lipinski definition) is 3. The Morgan fingerprint density at radius 2 is 2.07 bits per heavy atom. The average Bonchev–Trinajstić information content (AvgIpc) is 2.60. The zero-order chi connectivity index (χ0) is 20.1. The number of fused-ring (bicyclic) bond motifs is 1. The second-order valence-electron chi connectivity index (χ2n) is 7.02. The molecule has 1 amide bonds. The van der Waals surface area contributed by atoms with Crippen LogP contribution in [0.3, 0.4) is 0 Å². The first-order chi connectivity index (χ1) is 12.7. The molecule has 8 nitrogen and oxygen atoms in total. The molecule has 2 rings (SSSR count). The van der Waals surface area contributed by atoms with Crippen molar-refractivity contribution in [2.45, 2.75) is 20.3 Å². The maximum atomic E-state index is 12.4. The first kappa shape index (κ1) is 20.9. The fraction of sp³-hybridized carbons (Fsp3) is 0.444. The first-order valence-corrected chi connectivity index (χ1v) is 10.1. The number of methoxy groups -OCH3 is 1. The largest absolute Gasteiger partial charge is 0.497 e. The summed E-state index contributed by atoms with van der Waals surface area (Å²) >= 11 is 0. The number of anilines is 1. The molecule has 1 aromatic heterocycles. The molecule has 0 saturated heterocycles. The van der Waals surface area contributed by atoms with Gasteiger partial charge in [0.1, 0.15) is 5.75 Å². The molecule has 27 heavy (non-hydrogen) atoms. The van der Waals surface area contributed by atoms with E-state index in [1.807, 2.05) is 6.07 Å². The maximum Gasteiger partial charge on any atom is 0.234 e. The molecule has 3 N–H and O–H groups in total. The number of hydrogen-bond acceptors (Lipinski definition) is 6. The highest BCUT2D eigenvalue weighted by Gasteiger charge is 2.21. The third kappa shape index (κ3) is 6.07. The lowest BCUT2D eigenvalue weighted by Crippen LogP contribution is -2.34. The molecule has 1 aromatic carbocycles. The predicted molar refractivity (Wildman–Crippen MR) is 104 cm³/mol. The van der Waals surface area contributed by atoms with Crippen molar-refractivity contribution in [1.29, 1.82) is 0 Å². The van der Waals surface area contributed by atoms with E-state index in [1.54, 1.807) is 38.2 Å². The number of nitrogens with zero attached hydrogens (tertiary/aromatic N) is 1. The number of aromatic nitrogens is 1. The van der Waals surface area contributed by atoms with E-state index < -0.39 is 15.4 Å². The Morgan fingerprint density at radius 3 is 2.74 bits per heavy atom. The minimum absolute atomic E-state index is 0.0367. The molecule has 0 radical (unpaired) electrons. The van der Waals surface area contributed by atoms with Gasteiger partial charge < -0.3 is 15.2 Å². The van der Waals surface area contributed by atoms with E-state index in [1.165, 1.54) is 7.11 Å². The molecule has 9 heteroatoms. The lowest BCUT2D eigenvalue weighted by molar-refractivity contribution is -0.123. The van der Waals surface area contributed by atoms with Crippen molar-refractivity contribution in [3.05, 3.63) is 30.5 Å². The fourth-order valence-corrected chi connectivity index (χ4v) is 3.42. The van der Waals surface area contributed by atoms with Gasteiger partial charge >= 0.3 is 0 Å². The van der Waals surface area contributed by atoms with Gasteiger partial charge in [-0.1, -0.05) is 19.9 Å². The minimum atomic E-state index is -3.71. The molecule has 0 saturated carbocycles. The van der Waals surface area contributed by atoms with Crippen LogP contribution < -0.4 is 14.8 Å². The standard InChI is InChI=1S/C18H25N3O5S/c1-18(2,12-22)11-16(23)19-7-8-27(24,25)21-15-10-14(26-3)9-13-5-4-6-20-17(13)15/h4-6,9-10,21-22H,7-8,11-12H2,1-3H3,(H,19,23). The van der Waals surface area contributed by atoms with Crippen LogP contribution >= 0.6 is 0 Å². The SMILES string of the molecule is COc1cc(NS(=O)(=O)CCNC(=O)CC(C)(C)CO)c2ncccc2c1. The van der Waals surface area contributed by atoms with Gasteiger partial charge in [0.15, 0.2) is 0 Å². The highest BCUT2D eigenvalue weighted by atomic mass is 32.2. The number of benzene rings is 1. The number of sulfonamides is 1. The molecule has 0 bridgehead atoms. The Balaban J connectivity index is 2.04. The van der Waals surface area contributed by atoms with E-state index in [2.05, 4.69) is 15.0 Å². The van der Waals surface area contributed by atoms with Crippen LogP contribution in [0.2, 0.25) is 0 Å². The van der Waals surface area contributed by atoms with Gasteiger partial charge in [0.2, 0.25) is 15.9 Å². The quantitative estimate of drug-likeness (QED) is 0.592. The number of carbonyl (C=O) groups is 1. The molecule has 0 aliphatic rings. The summed E-state index contributed by atoms with van der Waals surface area (Å²) in [6.45, 7) is 3.35. The maximum absolute atomic E-state index is 12.4. The van der Waals surface area contributed by atoms with Crippen LogP contribution in [0, 0.1) is 5.41 Å². The number of aliphatic hydroxyl groups excluding tert-OH is 1. The van der Waals surface area contributed by atoms with E-state index in [0.29, 0.717) is 17.0 Å². The Morgan fingerprint density at radius 1 is 1.33 bits per heavy atom. The predicted octanol–water partition coefficient (Wildman–Crippen LogP) is 1.51. The van der Waals surface area contributed by atoms with Crippen LogP contribution in [0.4, 0.5) is 5.69 Å². The monoisotopic (exact) mass is 395 g/mol. The number of ether oxygens (including phenoxy) is 1. The van der Waals surface area contributed by atoms with E-state index in [4.69, 9.17) is 4.74 Å². The molecule has 0 aliphatic carbocycles. The van der Waals surface area contributed by atoms with Gasteiger partial charge in [0, 0.05) is 37.2 Å². The topological polar surface area (TPSA) is 118 Å². The summed E-state index contributed by atoms with van der Waals surface area (Å²) < 4.78 is 32.5. The van der Waals surface area contributed by atoms with Gasteiger partial charge in [-0.2, -0.15) is 0 Å². The van der Waals surface area contributed by atoms with Crippen LogP contribution in [0.15, 0.2) is 30.5 Å². The van der Waals surface area contributed by atoms with Crippen molar-refractivity contribution in [3.8, 4) is 5.75 Å². The minimum Gasteiger partial charge on any atom is -0.497 e. The highest BCUT2D eigenvalue weighted by molar-refractivity contribution is 7.92. The third-order valence-electron chi connectivity index (χ3n) is 3.94. The van der Waals surface area contributed by atoms with Crippen molar-refractivity contribution in [2.75, 3.05) is 30.7 Å². The van der Waals surface area contributed by atoms with Crippen LogP contribution in [0.5, 0.6) is 5.75 Å². The van der Waals surface area contributed by atoms with Crippen molar-refractivity contribution in [2.24, 2.45) is 5.41 Å². The van der Waals surface area contributed by atoms with Gasteiger partial charge in [0.05, 0.1) is 24.1 Å². The average molecular weight is 395 g/mol. The molecule has 0 atom stereocenters. The second-order valence-corrected chi connectivity index (χ2v) is 8.86. The van der Waals surface area contributed by atoms with E-state index >= 15 is 0 Å². The van der Waals surface area contributed by atoms with Crippen LogP contribution in [-0.4, -0.2) is 50.4 Å². The third-order valence-corrected chi connectivity index (χ3v) is 5.21. The molecule has 0 unspecified atom stereocenters. The van der Waals surface area contributed by atoms with Crippen LogP contribution in [0.1, 0.15) is 20.3 Å². The van der Waals surface area contributed by atoms with Gasteiger partial charge in [0.25, 0.3) is 0 Å². The number of carbonyl (C=O) groups excluding carboxylic acids is 1. The molecule has 0 spiro atoms. The number of amides is 1. The highest BCUT2D eigenvalue weighted by Crippen LogP contribution is 2.28. The first-order valence-electron chi connectivity index (χ1n) is 8.46. The van der Waals surface area contributed by atoms with Crippen molar-refractivity contribution < 1.29 is 23.1 Å². The zero-order valence-corrected chi connectivity index (χ0v) is 16.5. The zero-order valence-electron chi connectivity index (χ0n) is 15.7. The fourth-order valence-electron chi connectivity index (χ4n) is 2.46. The lowest BCUT2D eigenvalue weighted by Gasteiger charge is -2.20. The lowest BCUT2D eigenvalue weighted by atomic mass is 9.90. The molecular formula is C18H25N3O5S. The summed E-state index contributed by atoms with van der Waals surface area (Å²) in [5.74, 6) is -0.0883. The van der Waals surface area contributed by atoms with E-state index in [-0.39, 0.29) is 31.2 Å². The summed E-state index contributed by atoms with van der Waals surface area (Å²) in [6.07, 6.45) is 1.69. The number of rotatable bonds is 9. The van der Waals surface area contributed by atoms with Gasteiger partial charge in [-0.15, -0.1) is 0 Å². The molecule has 0 aliphatic heterocycles. The second kappa shape index (κ2) is 8.53. The van der Waals surface area contributed by atoms with Crippen molar-refractivity contribution in [3.63, 3.8) is 0 Å². The Labute approximate surface area is 159 Å². The molecular weight excluding hydrogens is 370 g/mol. The van der Waals surface area contributed by atoms with Crippen molar-refractivity contribution >= 4 is 32.5 Å². The molecule has 1 heterocycles. The normalized spacial score (nSPS) is 12.0.